The molecule has 0 amide bonds. The standard InChI is InChI=1S/C15H13Br2Cl2N/c1-2-20-15(9-5-10(16)7-11(17)6-9)13-8-12(18)3-4-14(13)19/h3-8,15,20H,2H2,1H3. The van der Waals surface area contributed by atoms with Crippen LogP contribution in [0.4, 0.5) is 0 Å². The first kappa shape index (κ1) is 16.3. The van der Waals surface area contributed by atoms with Crippen molar-refractivity contribution in [3.8, 4) is 0 Å². The second-order valence-electron chi connectivity index (χ2n) is 4.36. The predicted octanol–water partition coefficient (Wildman–Crippen LogP) is 6.22. The van der Waals surface area contributed by atoms with Gasteiger partial charge in [-0.2, -0.15) is 0 Å². The SMILES string of the molecule is CCNC(c1cc(Br)cc(Br)c1)c1cc(Cl)ccc1Cl. The minimum Gasteiger partial charge on any atom is -0.306 e. The molecule has 5 heteroatoms. The van der Waals surface area contributed by atoms with Gasteiger partial charge in [-0.25, -0.2) is 0 Å². The monoisotopic (exact) mass is 435 g/mol. The van der Waals surface area contributed by atoms with Gasteiger partial charge in [-0.1, -0.05) is 62.0 Å². The summed E-state index contributed by atoms with van der Waals surface area (Å²) in [6, 6.07) is 11.7. The fourth-order valence-electron chi connectivity index (χ4n) is 2.09. The van der Waals surface area contributed by atoms with Crippen LogP contribution in [-0.4, -0.2) is 6.54 Å². The third-order valence-corrected chi connectivity index (χ3v) is 4.39. The van der Waals surface area contributed by atoms with Crippen LogP contribution in [0.25, 0.3) is 0 Å². The fourth-order valence-corrected chi connectivity index (χ4v) is 3.83. The van der Waals surface area contributed by atoms with E-state index in [-0.39, 0.29) is 6.04 Å². The van der Waals surface area contributed by atoms with Crippen molar-refractivity contribution < 1.29 is 0 Å². The molecule has 0 fully saturated rings. The van der Waals surface area contributed by atoms with Gasteiger partial charge in [-0.3, -0.25) is 0 Å². The van der Waals surface area contributed by atoms with E-state index in [1.165, 1.54) is 0 Å². The summed E-state index contributed by atoms with van der Waals surface area (Å²) in [5.41, 5.74) is 2.10. The number of halogens is 4. The average Bonchev–Trinajstić information content (AvgIpc) is 2.38. The van der Waals surface area contributed by atoms with E-state index in [1.807, 2.05) is 18.2 Å². The molecule has 2 aromatic rings. The summed E-state index contributed by atoms with van der Waals surface area (Å²) in [4.78, 5) is 0. The number of hydrogen-bond acceptors (Lipinski definition) is 1. The van der Waals surface area contributed by atoms with Crippen LogP contribution in [0.2, 0.25) is 10.0 Å². The van der Waals surface area contributed by atoms with Gasteiger partial charge in [0, 0.05) is 19.0 Å². The molecule has 0 aromatic heterocycles. The highest BCUT2D eigenvalue weighted by atomic mass is 79.9. The zero-order valence-corrected chi connectivity index (χ0v) is 15.4. The lowest BCUT2D eigenvalue weighted by Gasteiger charge is -2.21. The van der Waals surface area contributed by atoms with E-state index < -0.39 is 0 Å². The largest absolute Gasteiger partial charge is 0.306 e. The molecule has 0 spiro atoms. The minimum atomic E-state index is -0.000000000000000222. The molecule has 20 heavy (non-hydrogen) atoms. The first-order valence-corrected chi connectivity index (χ1v) is 8.49. The Hall–Kier alpha value is -0.0600. The Morgan fingerprint density at radius 3 is 2.30 bits per heavy atom. The Morgan fingerprint density at radius 1 is 1.05 bits per heavy atom. The highest BCUT2D eigenvalue weighted by molar-refractivity contribution is 9.11. The van der Waals surface area contributed by atoms with Gasteiger partial charge in [0.25, 0.3) is 0 Å². The van der Waals surface area contributed by atoms with Crippen LogP contribution in [0.3, 0.4) is 0 Å². The Morgan fingerprint density at radius 2 is 1.70 bits per heavy atom. The molecule has 1 unspecified atom stereocenters. The third kappa shape index (κ3) is 3.99. The molecule has 0 saturated carbocycles. The molecule has 0 heterocycles. The summed E-state index contributed by atoms with van der Waals surface area (Å²) in [5, 5.41) is 4.84. The van der Waals surface area contributed by atoms with Crippen molar-refractivity contribution in [1.82, 2.24) is 5.32 Å². The van der Waals surface area contributed by atoms with Crippen LogP contribution in [-0.2, 0) is 0 Å². The summed E-state index contributed by atoms with van der Waals surface area (Å²) in [7, 11) is 0. The summed E-state index contributed by atoms with van der Waals surface area (Å²) in [5.74, 6) is 0. The van der Waals surface area contributed by atoms with Crippen LogP contribution in [0.15, 0.2) is 45.3 Å². The van der Waals surface area contributed by atoms with Crippen molar-refractivity contribution in [3.63, 3.8) is 0 Å². The molecular formula is C15H13Br2Cl2N. The van der Waals surface area contributed by atoms with Gasteiger partial charge in [0.15, 0.2) is 0 Å². The van der Waals surface area contributed by atoms with E-state index in [2.05, 4.69) is 56.2 Å². The fraction of sp³-hybridized carbons (Fsp3) is 0.200. The maximum absolute atomic E-state index is 6.33. The number of hydrogen-bond donors (Lipinski definition) is 1. The van der Waals surface area contributed by atoms with Crippen LogP contribution in [0.1, 0.15) is 24.1 Å². The zero-order valence-electron chi connectivity index (χ0n) is 10.8. The van der Waals surface area contributed by atoms with Crippen LogP contribution < -0.4 is 5.32 Å². The molecule has 0 aliphatic rings. The summed E-state index contributed by atoms with van der Waals surface area (Å²) >= 11 is 19.5. The summed E-state index contributed by atoms with van der Waals surface area (Å²) < 4.78 is 2.03. The quantitative estimate of drug-likeness (QED) is 0.598. The molecule has 0 radical (unpaired) electrons. The Bertz CT molecular complexity index is 597. The van der Waals surface area contributed by atoms with Gasteiger partial charge in [0.2, 0.25) is 0 Å². The molecule has 1 N–H and O–H groups in total. The smallest absolute Gasteiger partial charge is 0.0592 e. The Balaban J connectivity index is 2.52. The molecule has 2 rings (SSSR count). The summed E-state index contributed by atoms with van der Waals surface area (Å²) in [6.45, 7) is 2.90. The molecule has 0 saturated heterocycles. The lowest BCUT2D eigenvalue weighted by atomic mass is 9.98. The van der Waals surface area contributed by atoms with E-state index >= 15 is 0 Å². The molecule has 0 aliphatic heterocycles. The van der Waals surface area contributed by atoms with E-state index in [0.717, 1.165) is 26.6 Å². The van der Waals surface area contributed by atoms with Gasteiger partial charge >= 0.3 is 0 Å². The molecular weight excluding hydrogens is 425 g/mol. The van der Waals surface area contributed by atoms with E-state index in [0.29, 0.717) is 10.0 Å². The summed E-state index contributed by atoms with van der Waals surface area (Å²) in [6.07, 6.45) is 0. The Kier molecular flexibility index (Phi) is 5.94. The highest BCUT2D eigenvalue weighted by Gasteiger charge is 2.17. The van der Waals surface area contributed by atoms with Gasteiger partial charge in [0.05, 0.1) is 6.04 Å². The van der Waals surface area contributed by atoms with Crippen LogP contribution >= 0.6 is 55.1 Å². The first-order valence-electron chi connectivity index (χ1n) is 6.15. The maximum atomic E-state index is 6.33. The Labute approximate surface area is 145 Å². The van der Waals surface area contributed by atoms with Gasteiger partial charge in [-0.05, 0) is 54.1 Å². The van der Waals surface area contributed by atoms with E-state index in [1.54, 1.807) is 6.07 Å². The molecule has 2 aromatic carbocycles. The number of nitrogens with one attached hydrogen (secondary N) is 1. The van der Waals surface area contributed by atoms with Crippen molar-refractivity contribution in [1.29, 1.82) is 0 Å². The molecule has 0 aliphatic carbocycles. The van der Waals surface area contributed by atoms with Crippen molar-refractivity contribution >= 4 is 55.1 Å². The average molecular weight is 438 g/mol. The van der Waals surface area contributed by atoms with Crippen molar-refractivity contribution in [2.24, 2.45) is 0 Å². The van der Waals surface area contributed by atoms with Gasteiger partial charge in [-0.15, -0.1) is 0 Å². The normalized spacial score (nSPS) is 12.4. The van der Waals surface area contributed by atoms with Crippen molar-refractivity contribution in [2.75, 3.05) is 6.54 Å². The van der Waals surface area contributed by atoms with E-state index in [4.69, 9.17) is 23.2 Å². The van der Waals surface area contributed by atoms with Gasteiger partial charge in [0.1, 0.15) is 0 Å². The molecule has 106 valence electrons. The number of rotatable bonds is 4. The lowest BCUT2D eigenvalue weighted by Crippen LogP contribution is -2.22. The van der Waals surface area contributed by atoms with Crippen LogP contribution in [0, 0.1) is 0 Å². The number of benzene rings is 2. The first-order chi connectivity index (χ1) is 9.51. The minimum absolute atomic E-state index is 0.000000000000000222. The molecule has 0 bridgehead atoms. The predicted molar refractivity (Wildman–Crippen MR) is 93.8 cm³/mol. The zero-order chi connectivity index (χ0) is 14.7. The topological polar surface area (TPSA) is 12.0 Å². The van der Waals surface area contributed by atoms with E-state index in [9.17, 15) is 0 Å². The van der Waals surface area contributed by atoms with Crippen LogP contribution in [0.5, 0.6) is 0 Å². The lowest BCUT2D eigenvalue weighted by molar-refractivity contribution is 0.630. The molecule has 1 nitrogen and oxygen atoms in total. The van der Waals surface area contributed by atoms with Crippen molar-refractivity contribution in [3.05, 3.63) is 66.5 Å². The second kappa shape index (κ2) is 7.28. The second-order valence-corrected chi connectivity index (χ2v) is 7.03. The maximum Gasteiger partial charge on any atom is 0.0592 e. The third-order valence-electron chi connectivity index (χ3n) is 2.90. The van der Waals surface area contributed by atoms with Crippen molar-refractivity contribution in [2.45, 2.75) is 13.0 Å². The van der Waals surface area contributed by atoms with Gasteiger partial charge < -0.3 is 5.32 Å². The highest BCUT2D eigenvalue weighted by Crippen LogP contribution is 2.33. The molecule has 1 atom stereocenters.